The van der Waals surface area contributed by atoms with Crippen LogP contribution >= 0.6 is 0 Å². The number of nitrogens with zero attached hydrogens (tertiary/aromatic N) is 1. The summed E-state index contributed by atoms with van der Waals surface area (Å²) in [6.07, 6.45) is -4.45. The number of aliphatic carboxylic acids is 3. The number of benzene rings is 1. The fourth-order valence-corrected chi connectivity index (χ4v) is 4.51. The summed E-state index contributed by atoms with van der Waals surface area (Å²) in [6.45, 7) is 1.86. The van der Waals surface area contributed by atoms with E-state index < -0.39 is 79.4 Å². The molecule has 0 bridgehead atoms. The number of amides is 1. The highest BCUT2D eigenvalue weighted by Gasteiger charge is 2.49. The molecule has 0 aromatic heterocycles. The second-order valence-electron chi connectivity index (χ2n) is 9.47. The molecule has 4 N–H and O–H groups in total. The molecule has 1 heterocycles. The molecular formula is C26H36N2O12. The van der Waals surface area contributed by atoms with Crippen molar-refractivity contribution in [2.24, 2.45) is 17.8 Å². The van der Waals surface area contributed by atoms with Gasteiger partial charge in [-0.1, -0.05) is 12.1 Å². The van der Waals surface area contributed by atoms with Gasteiger partial charge in [0.1, 0.15) is 19.0 Å². The van der Waals surface area contributed by atoms with Crippen molar-refractivity contribution >= 4 is 30.0 Å². The van der Waals surface area contributed by atoms with Crippen LogP contribution < -0.4 is 10.1 Å². The van der Waals surface area contributed by atoms with Crippen molar-refractivity contribution in [2.75, 3.05) is 33.8 Å². The summed E-state index contributed by atoms with van der Waals surface area (Å²) < 4.78 is 22.2. The highest BCUT2D eigenvalue weighted by atomic mass is 16.7. The fraction of sp³-hybridized carbons (Fsp3) is 0.577. The van der Waals surface area contributed by atoms with Gasteiger partial charge in [0, 0.05) is 45.3 Å². The van der Waals surface area contributed by atoms with Crippen molar-refractivity contribution in [3.8, 4) is 5.75 Å². The summed E-state index contributed by atoms with van der Waals surface area (Å²) in [5.74, 6) is -7.10. The molecule has 1 amide bonds. The Labute approximate surface area is 231 Å². The largest absolute Gasteiger partial charge is 0.481 e. The van der Waals surface area contributed by atoms with Crippen molar-refractivity contribution in [3.63, 3.8) is 0 Å². The van der Waals surface area contributed by atoms with Gasteiger partial charge in [0.25, 0.3) is 0 Å². The number of esters is 1. The molecule has 1 aliphatic rings. The minimum Gasteiger partial charge on any atom is -0.481 e. The van der Waals surface area contributed by atoms with E-state index in [1.54, 1.807) is 38.4 Å². The van der Waals surface area contributed by atoms with Gasteiger partial charge in [-0.2, -0.15) is 0 Å². The van der Waals surface area contributed by atoms with Gasteiger partial charge in [0.15, 0.2) is 0 Å². The minimum atomic E-state index is -1.28. The third kappa shape index (κ3) is 10.3. The maximum Gasteiger partial charge on any atom is 0.409 e. The molecular weight excluding hydrogens is 532 g/mol. The Morgan fingerprint density at radius 3 is 2.02 bits per heavy atom. The van der Waals surface area contributed by atoms with Crippen molar-refractivity contribution in [2.45, 2.75) is 45.2 Å². The molecule has 222 valence electrons. The number of rotatable bonds is 15. The van der Waals surface area contributed by atoms with E-state index in [4.69, 9.17) is 18.9 Å². The van der Waals surface area contributed by atoms with E-state index in [0.717, 1.165) is 6.92 Å². The molecule has 1 aliphatic heterocycles. The third-order valence-corrected chi connectivity index (χ3v) is 6.46. The van der Waals surface area contributed by atoms with Crippen molar-refractivity contribution in [1.82, 2.24) is 10.2 Å². The summed E-state index contributed by atoms with van der Waals surface area (Å²) in [4.78, 5) is 60.0. The van der Waals surface area contributed by atoms with Gasteiger partial charge in [0.2, 0.25) is 6.29 Å². The lowest BCUT2D eigenvalue weighted by Crippen LogP contribution is -2.53. The fourth-order valence-electron chi connectivity index (χ4n) is 4.51. The summed E-state index contributed by atoms with van der Waals surface area (Å²) in [5.41, 5.74) is 0.646. The van der Waals surface area contributed by atoms with Crippen LogP contribution in [0, 0.1) is 17.8 Å². The quantitative estimate of drug-likeness (QED) is 0.222. The van der Waals surface area contributed by atoms with Crippen molar-refractivity contribution < 1.29 is 58.2 Å². The van der Waals surface area contributed by atoms with Crippen LogP contribution in [0.1, 0.15) is 31.7 Å². The molecule has 14 nitrogen and oxygen atoms in total. The molecule has 1 fully saturated rings. The molecule has 40 heavy (non-hydrogen) atoms. The molecule has 0 spiro atoms. The van der Waals surface area contributed by atoms with Crippen LogP contribution in [0.2, 0.25) is 0 Å². The van der Waals surface area contributed by atoms with Gasteiger partial charge >= 0.3 is 30.0 Å². The number of carboxylic acid groups (broad SMARTS) is 3. The Kier molecular flexibility index (Phi) is 12.6. The van der Waals surface area contributed by atoms with E-state index in [-0.39, 0.29) is 19.0 Å². The predicted octanol–water partition coefficient (Wildman–Crippen LogP) is 1.41. The van der Waals surface area contributed by atoms with Crippen LogP contribution in [0.15, 0.2) is 24.3 Å². The Balaban J connectivity index is 2.25. The molecule has 1 aromatic carbocycles. The number of carbonyl (C=O) groups excluding carboxylic acids is 2. The molecule has 0 aliphatic carbocycles. The van der Waals surface area contributed by atoms with Gasteiger partial charge in [-0.15, -0.1) is 0 Å². The lowest BCUT2D eigenvalue weighted by atomic mass is 9.71. The Bertz CT molecular complexity index is 1030. The number of carboxylic acids is 3. The van der Waals surface area contributed by atoms with E-state index in [9.17, 15) is 39.3 Å². The van der Waals surface area contributed by atoms with Gasteiger partial charge in [0.05, 0.1) is 18.9 Å². The Morgan fingerprint density at radius 2 is 1.48 bits per heavy atom. The van der Waals surface area contributed by atoms with E-state index in [1.807, 2.05) is 0 Å². The van der Waals surface area contributed by atoms with Crippen LogP contribution in [0.4, 0.5) is 4.79 Å². The second-order valence-corrected chi connectivity index (χ2v) is 9.47. The highest BCUT2D eigenvalue weighted by Crippen LogP contribution is 2.42. The molecule has 0 radical (unpaired) electrons. The number of hydrogen-bond donors (Lipinski definition) is 4. The second kappa shape index (κ2) is 15.6. The van der Waals surface area contributed by atoms with E-state index >= 15 is 0 Å². The number of hydrogen-bond acceptors (Lipinski definition) is 10. The predicted molar refractivity (Wildman–Crippen MR) is 136 cm³/mol. The van der Waals surface area contributed by atoms with Gasteiger partial charge in [-0.25, -0.2) is 4.79 Å². The zero-order chi connectivity index (χ0) is 29.8. The lowest BCUT2D eigenvalue weighted by Gasteiger charge is -2.45. The van der Waals surface area contributed by atoms with Crippen LogP contribution in [0.5, 0.6) is 5.75 Å². The topological polar surface area (TPSA) is 198 Å². The Hall–Kier alpha value is -3.91. The monoisotopic (exact) mass is 568 g/mol. The van der Waals surface area contributed by atoms with Crippen LogP contribution in [0.25, 0.3) is 0 Å². The number of carbonyl (C=O) groups is 5. The average Bonchev–Trinajstić information content (AvgIpc) is 2.88. The van der Waals surface area contributed by atoms with Crippen molar-refractivity contribution in [3.05, 3.63) is 29.8 Å². The van der Waals surface area contributed by atoms with Gasteiger partial charge < -0.3 is 44.5 Å². The summed E-state index contributed by atoms with van der Waals surface area (Å²) in [5, 5.41) is 31.5. The van der Waals surface area contributed by atoms with Gasteiger partial charge in [-0.05, 0) is 30.7 Å². The van der Waals surface area contributed by atoms with E-state index in [0.29, 0.717) is 18.7 Å². The zero-order valence-electron chi connectivity index (χ0n) is 22.6. The summed E-state index contributed by atoms with van der Waals surface area (Å²) in [7, 11) is 3.38. The molecule has 5 atom stereocenters. The summed E-state index contributed by atoms with van der Waals surface area (Å²) in [6, 6.07) is 6.35. The first kappa shape index (κ1) is 32.3. The molecule has 14 heteroatoms. The SMILES string of the molecule is CNCCN(C)C(=O)OCc1ccc(O[C@@H]2O[C@@H](COC(C)=O)[C@@H](CC(=O)O)[C@H](CC(=O)O)[C@H]2CC(=O)O)cc1. The van der Waals surface area contributed by atoms with Crippen molar-refractivity contribution in [1.29, 1.82) is 0 Å². The maximum absolute atomic E-state index is 12.1. The molecule has 0 saturated carbocycles. The number of nitrogens with one attached hydrogen (secondary N) is 1. The third-order valence-electron chi connectivity index (χ3n) is 6.46. The number of ether oxygens (including phenoxy) is 4. The molecule has 1 aromatic rings. The number of likely N-dealkylation sites (N-methyl/N-ethyl adjacent to an activating group) is 2. The Morgan fingerprint density at radius 1 is 0.900 bits per heavy atom. The zero-order valence-corrected chi connectivity index (χ0v) is 22.6. The van der Waals surface area contributed by atoms with E-state index in [1.165, 1.54) is 4.90 Å². The van der Waals surface area contributed by atoms with Crippen LogP contribution in [-0.2, 0) is 40.0 Å². The normalized spacial score (nSPS) is 22.1. The molecule has 2 rings (SSSR count). The highest BCUT2D eigenvalue weighted by molar-refractivity contribution is 5.70. The average molecular weight is 569 g/mol. The van der Waals surface area contributed by atoms with Gasteiger partial charge in [-0.3, -0.25) is 19.2 Å². The first-order chi connectivity index (χ1) is 18.9. The maximum atomic E-state index is 12.1. The van der Waals surface area contributed by atoms with Crippen LogP contribution in [0.3, 0.4) is 0 Å². The minimum absolute atomic E-state index is 0.00735. The first-order valence-electron chi connectivity index (χ1n) is 12.6. The first-order valence-corrected chi connectivity index (χ1v) is 12.6. The van der Waals surface area contributed by atoms with Crippen LogP contribution in [-0.4, -0.2) is 96.4 Å². The van der Waals surface area contributed by atoms with E-state index in [2.05, 4.69) is 5.32 Å². The lowest BCUT2D eigenvalue weighted by molar-refractivity contribution is -0.237. The smallest absolute Gasteiger partial charge is 0.409 e. The molecule has 1 saturated heterocycles. The summed E-state index contributed by atoms with van der Waals surface area (Å²) >= 11 is 0. The molecule has 0 unspecified atom stereocenters. The standard InChI is InChI=1S/C26H36N2O12/c1-15(29)37-14-21-19(11-23(32)33)18(10-22(30)31)20(12-24(34)35)25(40-21)39-17-6-4-16(5-7-17)13-38-26(36)28(3)9-8-27-2/h4-7,18-21,25,27H,8-14H2,1-3H3,(H,30,31)(H,32,33)(H,34,35)/t18-,19-,20+,21-,25+/m0/s1.